The molecular weight excluding hydrogens is 404 g/mol. The summed E-state index contributed by atoms with van der Waals surface area (Å²) in [6.45, 7) is 4.53. The van der Waals surface area contributed by atoms with Crippen LogP contribution < -0.4 is 0 Å². The van der Waals surface area contributed by atoms with Crippen molar-refractivity contribution in [1.82, 2.24) is 0 Å². The summed E-state index contributed by atoms with van der Waals surface area (Å²) in [5.74, 6) is 0. The molecule has 0 aromatic carbocycles. The fourth-order valence-corrected chi connectivity index (χ4v) is 4.98. The van der Waals surface area contributed by atoms with Crippen LogP contribution in [-0.4, -0.2) is 102 Å². The highest BCUT2D eigenvalue weighted by Crippen LogP contribution is 2.27. The largest absolute Gasteiger partial charge is 0.506 e. The number of rotatable bonds is 20. The average molecular weight is 441 g/mol. The molecule has 29 heavy (non-hydrogen) atoms. The minimum absolute atomic E-state index is 0.240. The van der Waals surface area contributed by atoms with E-state index < -0.39 is 15.0 Å². The third-order valence-corrected chi connectivity index (χ3v) is 7.32. The lowest BCUT2D eigenvalue weighted by molar-refractivity contribution is -0.460. The van der Waals surface area contributed by atoms with Crippen LogP contribution in [0, 0.1) is 0 Å². The fourth-order valence-electron chi connectivity index (χ4n) is 2.60. The molecule has 10 nitrogen and oxygen atoms in total. The zero-order valence-corrected chi connectivity index (χ0v) is 19.0. The van der Waals surface area contributed by atoms with Crippen molar-refractivity contribution in [2.24, 2.45) is 0 Å². The second-order valence-corrected chi connectivity index (χ2v) is 9.59. The van der Waals surface area contributed by atoms with Gasteiger partial charge >= 0.3 is 15.0 Å². The molecule has 0 N–H and O–H groups in total. The van der Waals surface area contributed by atoms with Crippen LogP contribution >= 0.6 is 0 Å². The van der Waals surface area contributed by atoms with Crippen LogP contribution in [0.2, 0.25) is 6.04 Å². The highest BCUT2D eigenvalue weighted by atomic mass is 28.4. The molecule has 0 bridgehead atoms. The van der Waals surface area contributed by atoms with Crippen molar-refractivity contribution in [3.05, 3.63) is 0 Å². The van der Waals surface area contributed by atoms with Gasteiger partial charge in [-0.25, -0.2) is 0 Å². The van der Waals surface area contributed by atoms with Gasteiger partial charge in [-0.1, -0.05) is 0 Å². The van der Waals surface area contributed by atoms with Crippen molar-refractivity contribution in [2.75, 3.05) is 74.7 Å². The van der Waals surface area contributed by atoms with Crippen molar-refractivity contribution in [2.45, 2.75) is 43.7 Å². The van der Waals surface area contributed by atoms with E-state index in [1.165, 1.54) is 21.3 Å². The normalized spacial score (nSPS) is 23.2. The molecule has 11 heteroatoms. The number of epoxide rings is 2. The van der Waals surface area contributed by atoms with Gasteiger partial charge in [0.2, 0.25) is 0 Å². The topological polar surface area (TPSA) is 98.9 Å². The molecule has 2 aliphatic heterocycles. The molecule has 2 heterocycles. The summed E-state index contributed by atoms with van der Waals surface area (Å²) < 4.78 is 55.1. The Balaban J connectivity index is 1.77. The Kier molecular flexibility index (Phi) is 11.5. The zero-order valence-electron chi connectivity index (χ0n) is 18.0. The number of hydrogen-bond acceptors (Lipinski definition) is 10. The van der Waals surface area contributed by atoms with Gasteiger partial charge in [0.1, 0.15) is 12.2 Å². The maximum absolute atomic E-state index is 6.11. The van der Waals surface area contributed by atoms with E-state index >= 15 is 0 Å². The minimum Gasteiger partial charge on any atom is -0.379 e. The Labute approximate surface area is 174 Å². The van der Waals surface area contributed by atoms with Crippen LogP contribution in [0.4, 0.5) is 0 Å². The van der Waals surface area contributed by atoms with Crippen LogP contribution in [0.5, 0.6) is 0 Å². The maximum Gasteiger partial charge on any atom is 0.506 e. The van der Waals surface area contributed by atoms with E-state index in [9.17, 15) is 0 Å². The van der Waals surface area contributed by atoms with E-state index in [2.05, 4.69) is 0 Å². The van der Waals surface area contributed by atoms with Gasteiger partial charge in [0, 0.05) is 54.3 Å². The molecule has 0 aromatic heterocycles. The van der Waals surface area contributed by atoms with Crippen molar-refractivity contribution >= 4 is 8.80 Å². The Morgan fingerprint density at radius 3 is 1.79 bits per heavy atom. The monoisotopic (exact) mass is 440 g/mol. The molecule has 0 amide bonds. The Hall–Kier alpha value is -0.183. The number of ether oxygens (including phenoxy) is 7. The summed E-state index contributed by atoms with van der Waals surface area (Å²) in [7, 11) is 2.71. The lowest BCUT2D eigenvalue weighted by Crippen LogP contribution is -2.55. The van der Waals surface area contributed by atoms with Gasteiger partial charge in [0.25, 0.3) is 0 Å². The molecule has 0 saturated carbocycles. The zero-order chi connectivity index (χ0) is 21.0. The van der Waals surface area contributed by atoms with E-state index in [-0.39, 0.29) is 12.2 Å². The standard InChI is InChI=1S/C18H36O10Si/c1-19-18(20-2,21-3)28-29(22-4,11-7-9-24-13-17-15-26-17)27-10-6-5-8-23-12-16-14-25-16/h16-17H,5-15H2,1-4H3. The van der Waals surface area contributed by atoms with Gasteiger partial charge in [0.05, 0.1) is 26.4 Å². The quantitative estimate of drug-likeness (QED) is 0.119. The minimum atomic E-state index is -3.15. The summed E-state index contributed by atoms with van der Waals surface area (Å²) in [4.78, 5) is 0. The third-order valence-electron chi connectivity index (χ3n) is 4.53. The molecule has 2 fully saturated rings. The second-order valence-electron chi connectivity index (χ2n) is 6.82. The van der Waals surface area contributed by atoms with E-state index in [4.69, 9.17) is 46.4 Å². The lowest BCUT2D eigenvalue weighted by Gasteiger charge is -2.36. The van der Waals surface area contributed by atoms with Crippen molar-refractivity contribution in [3.63, 3.8) is 0 Å². The van der Waals surface area contributed by atoms with E-state index in [0.29, 0.717) is 45.5 Å². The first kappa shape index (κ1) is 25.1. The number of hydrogen-bond donors (Lipinski definition) is 0. The summed E-state index contributed by atoms with van der Waals surface area (Å²) >= 11 is 0. The van der Waals surface area contributed by atoms with Gasteiger partial charge in [-0.05, 0) is 19.3 Å². The van der Waals surface area contributed by atoms with Crippen molar-refractivity contribution < 1.29 is 46.4 Å². The molecule has 0 spiro atoms. The van der Waals surface area contributed by atoms with Crippen LogP contribution in [0.3, 0.4) is 0 Å². The Morgan fingerprint density at radius 1 is 0.793 bits per heavy atom. The van der Waals surface area contributed by atoms with Crippen molar-refractivity contribution in [3.8, 4) is 0 Å². The van der Waals surface area contributed by atoms with Gasteiger partial charge in [-0.15, -0.1) is 0 Å². The summed E-state index contributed by atoms with van der Waals surface area (Å²) in [6, 6.07) is 0.530. The van der Waals surface area contributed by atoms with E-state index in [0.717, 1.165) is 26.1 Å². The van der Waals surface area contributed by atoms with Crippen LogP contribution in [0.1, 0.15) is 19.3 Å². The number of methoxy groups -OCH3 is 3. The second kappa shape index (κ2) is 13.3. The molecule has 3 unspecified atom stereocenters. The van der Waals surface area contributed by atoms with Gasteiger partial charge < -0.3 is 42.0 Å². The molecule has 2 saturated heterocycles. The first-order chi connectivity index (χ1) is 14.1. The SMILES string of the molecule is COC(OC)(OC)O[Si](CCCOCC1CO1)(OC)OCCCCOCC1CO1. The van der Waals surface area contributed by atoms with E-state index in [1.54, 1.807) is 7.11 Å². The molecule has 172 valence electrons. The molecule has 2 rings (SSSR count). The highest BCUT2D eigenvalue weighted by Gasteiger charge is 2.50. The van der Waals surface area contributed by atoms with E-state index in [1.807, 2.05) is 0 Å². The molecule has 3 atom stereocenters. The number of unbranched alkanes of at least 4 members (excludes halogenated alkanes) is 1. The highest BCUT2D eigenvalue weighted by molar-refractivity contribution is 6.60. The van der Waals surface area contributed by atoms with Crippen LogP contribution in [0.25, 0.3) is 0 Å². The molecular formula is C18H36O10Si. The van der Waals surface area contributed by atoms with Crippen LogP contribution in [0.15, 0.2) is 0 Å². The summed E-state index contributed by atoms with van der Waals surface area (Å²) in [6.07, 6.45) is 1.22. The Bertz CT molecular complexity index is 423. The van der Waals surface area contributed by atoms with Crippen molar-refractivity contribution in [1.29, 1.82) is 0 Å². The fraction of sp³-hybridized carbons (Fsp3) is 1.00. The average Bonchev–Trinajstić information content (AvgIpc) is 3.66. The lowest BCUT2D eigenvalue weighted by atomic mass is 10.3. The summed E-state index contributed by atoms with van der Waals surface area (Å²) in [5.41, 5.74) is 0. The summed E-state index contributed by atoms with van der Waals surface area (Å²) in [5, 5.41) is 0. The van der Waals surface area contributed by atoms with Gasteiger partial charge in [-0.3, -0.25) is 4.43 Å². The Morgan fingerprint density at radius 2 is 1.31 bits per heavy atom. The molecule has 2 aliphatic rings. The molecule has 0 aromatic rings. The maximum atomic E-state index is 6.11. The predicted octanol–water partition coefficient (Wildman–Crippen LogP) is 1.16. The first-order valence-corrected chi connectivity index (χ1v) is 12.0. The first-order valence-electron chi connectivity index (χ1n) is 10.0. The van der Waals surface area contributed by atoms with Gasteiger partial charge in [0.15, 0.2) is 0 Å². The van der Waals surface area contributed by atoms with Crippen LogP contribution in [-0.2, 0) is 46.4 Å². The van der Waals surface area contributed by atoms with Gasteiger partial charge in [-0.2, -0.15) is 0 Å². The predicted molar refractivity (Wildman–Crippen MR) is 103 cm³/mol. The molecule has 0 aliphatic carbocycles. The third kappa shape index (κ3) is 9.66. The molecule has 0 radical (unpaired) electrons. The smallest absolute Gasteiger partial charge is 0.379 e.